The molecule has 2 aliphatic rings. The number of rotatable bonds is 4. The van der Waals surface area contributed by atoms with Gasteiger partial charge in [0, 0.05) is 32.3 Å². The third kappa shape index (κ3) is 3.05. The van der Waals surface area contributed by atoms with Gasteiger partial charge in [0.05, 0.1) is 0 Å². The van der Waals surface area contributed by atoms with Crippen LogP contribution in [0.1, 0.15) is 43.2 Å². The van der Waals surface area contributed by atoms with Gasteiger partial charge in [0.2, 0.25) is 0 Å². The molecule has 3 rings (SSSR count). The van der Waals surface area contributed by atoms with Gasteiger partial charge in [-0.15, -0.1) is 0 Å². The third-order valence-corrected chi connectivity index (χ3v) is 4.85. The summed E-state index contributed by atoms with van der Waals surface area (Å²) in [4.78, 5) is 14.5. The molecule has 0 radical (unpaired) electrons. The van der Waals surface area contributed by atoms with Crippen molar-refractivity contribution in [2.45, 2.75) is 50.7 Å². The van der Waals surface area contributed by atoms with E-state index in [1.807, 2.05) is 17.0 Å². The Kier molecular flexibility index (Phi) is 4.15. The number of methoxy groups -OCH3 is 1. The number of nitrogens with one attached hydrogen (secondary N) is 1. The van der Waals surface area contributed by atoms with Crippen LogP contribution in [0.5, 0.6) is 0 Å². The van der Waals surface area contributed by atoms with Crippen LogP contribution in [0.15, 0.2) is 24.3 Å². The van der Waals surface area contributed by atoms with E-state index >= 15 is 0 Å². The van der Waals surface area contributed by atoms with Crippen LogP contribution in [-0.2, 0) is 17.8 Å². The molecular weight excluding hydrogens is 264 g/mol. The van der Waals surface area contributed by atoms with Crippen LogP contribution in [0.25, 0.3) is 0 Å². The number of nitrogens with zero attached hydrogens (tertiary/aromatic N) is 1. The predicted octanol–water partition coefficient (Wildman–Crippen LogP) is 3.06. The van der Waals surface area contributed by atoms with Crippen LogP contribution in [0, 0.1) is 0 Å². The molecule has 21 heavy (non-hydrogen) atoms. The maximum atomic E-state index is 12.6. The molecule has 0 aromatic heterocycles. The van der Waals surface area contributed by atoms with Gasteiger partial charge in [-0.2, -0.15) is 0 Å². The first kappa shape index (κ1) is 14.4. The fourth-order valence-electron chi connectivity index (χ4n) is 3.57. The van der Waals surface area contributed by atoms with E-state index in [-0.39, 0.29) is 11.6 Å². The molecule has 0 saturated heterocycles. The average Bonchev–Trinajstić information content (AvgIpc) is 3.12. The number of carbonyl (C=O) groups is 1. The van der Waals surface area contributed by atoms with Crippen molar-refractivity contribution in [3.63, 3.8) is 0 Å². The lowest BCUT2D eigenvalue weighted by molar-refractivity contribution is 0.145. The highest BCUT2D eigenvalue weighted by Crippen LogP contribution is 2.33. The van der Waals surface area contributed by atoms with E-state index in [0.717, 1.165) is 32.4 Å². The van der Waals surface area contributed by atoms with E-state index < -0.39 is 0 Å². The van der Waals surface area contributed by atoms with E-state index in [9.17, 15) is 4.79 Å². The number of fused-ring (bicyclic) bond motifs is 1. The summed E-state index contributed by atoms with van der Waals surface area (Å²) in [7, 11) is 1.72. The molecular formula is C17H24N2O2. The number of ether oxygens (including phenoxy) is 1. The minimum absolute atomic E-state index is 0.0537. The topological polar surface area (TPSA) is 41.6 Å². The molecule has 0 bridgehead atoms. The summed E-state index contributed by atoms with van der Waals surface area (Å²) in [6.45, 7) is 2.16. The second-order valence-corrected chi connectivity index (χ2v) is 6.29. The standard InChI is InChI=1S/C17H24N2O2/c1-21-11-10-17(8-4-5-9-17)18-16(20)19-12-14-6-2-3-7-15(14)13-19/h2-3,6-7H,4-5,8-13H2,1H3,(H,18,20). The first-order valence-electron chi connectivity index (χ1n) is 7.85. The molecule has 4 heteroatoms. The number of hydrogen-bond acceptors (Lipinski definition) is 2. The zero-order chi connectivity index (χ0) is 14.7. The number of carbonyl (C=O) groups excluding carboxylic acids is 1. The lowest BCUT2D eigenvalue weighted by Crippen LogP contribution is -2.51. The van der Waals surface area contributed by atoms with Gasteiger partial charge in [0.25, 0.3) is 0 Å². The molecule has 2 amide bonds. The summed E-state index contributed by atoms with van der Waals surface area (Å²) >= 11 is 0. The Balaban J connectivity index is 1.63. The molecule has 1 heterocycles. The Bertz CT molecular complexity index is 484. The van der Waals surface area contributed by atoms with Crippen molar-refractivity contribution in [3.8, 4) is 0 Å². The zero-order valence-corrected chi connectivity index (χ0v) is 12.7. The summed E-state index contributed by atoms with van der Waals surface area (Å²) in [6, 6.07) is 8.37. The Morgan fingerprint density at radius 1 is 1.24 bits per heavy atom. The maximum absolute atomic E-state index is 12.6. The van der Waals surface area contributed by atoms with Gasteiger partial charge in [-0.25, -0.2) is 4.79 Å². The van der Waals surface area contributed by atoms with E-state index in [2.05, 4.69) is 17.4 Å². The molecule has 1 fully saturated rings. The molecule has 0 spiro atoms. The Morgan fingerprint density at radius 2 is 1.86 bits per heavy atom. The number of hydrogen-bond donors (Lipinski definition) is 1. The van der Waals surface area contributed by atoms with Gasteiger partial charge in [-0.3, -0.25) is 0 Å². The molecule has 0 atom stereocenters. The lowest BCUT2D eigenvalue weighted by atomic mass is 9.94. The largest absolute Gasteiger partial charge is 0.385 e. The highest BCUT2D eigenvalue weighted by atomic mass is 16.5. The fraction of sp³-hybridized carbons (Fsp3) is 0.588. The molecule has 1 aromatic carbocycles. The second kappa shape index (κ2) is 6.06. The predicted molar refractivity (Wildman–Crippen MR) is 81.9 cm³/mol. The average molecular weight is 288 g/mol. The van der Waals surface area contributed by atoms with Crippen LogP contribution in [-0.4, -0.2) is 30.2 Å². The first-order valence-corrected chi connectivity index (χ1v) is 7.85. The van der Waals surface area contributed by atoms with Gasteiger partial charge in [-0.05, 0) is 30.4 Å². The van der Waals surface area contributed by atoms with Gasteiger partial charge in [0.15, 0.2) is 0 Å². The second-order valence-electron chi connectivity index (χ2n) is 6.29. The quantitative estimate of drug-likeness (QED) is 0.925. The number of amides is 2. The zero-order valence-electron chi connectivity index (χ0n) is 12.7. The van der Waals surface area contributed by atoms with E-state index in [0.29, 0.717) is 6.61 Å². The van der Waals surface area contributed by atoms with E-state index in [4.69, 9.17) is 4.74 Å². The summed E-state index contributed by atoms with van der Waals surface area (Å²) < 4.78 is 5.22. The van der Waals surface area contributed by atoms with Crippen molar-refractivity contribution >= 4 is 6.03 Å². The van der Waals surface area contributed by atoms with Gasteiger partial charge < -0.3 is 15.0 Å². The lowest BCUT2D eigenvalue weighted by Gasteiger charge is -2.32. The Labute approximate surface area is 126 Å². The Morgan fingerprint density at radius 3 is 2.43 bits per heavy atom. The monoisotopic (exact) mass is 288 g/mol. The molecule has 1 N–H and O–H groups in total. The van der Waals surface area contributed by atoms with Crippen LogP contribution in [0.4, 0.5) is 4.79 Å². The molecule has 114 valence electrons. The normalized spacial score (nSPS) is 19.6. The van der Waals surface area contributed by atoms with Crippen LogP contribution in [0.3, 0.4) is 0 Å². The van der Waals surface area contributed by atoms with Crippen molar-refractivity contribution in [1.29, 1.82) is 0 Å². The van der Waals surface area contributed by atoms with E-state index in [1.165, 1.54) is 24.0 Å². The maximum Gasteiger partial charge on any atom is 0.318 e. The summed E-state index contributed by atoms with van der Waals surface area (Å²) in [5, 5.41) is 3.31. The smallest absolute Gasteiger partial charge is 0.318 e. The highest BCUT2D eigenvalue weighted by molar-refractivity contribution is 5.76. The minimum Gasteiger partial charge on any atom is -0.385 e. The molecule has 4 nitrogen and oxygen atoms in total. The van der Waals surface area contributed by atoms with Crippen LogP contribution >= 0.6 is 0 Å². The number of urea groups is 1. The van der Waals surface area contributed by atoms with Crippen molar-refractivity contribution < 1.29 is 9.53 Å². The number of benzene rings is 1. The van der Waals surface area contributed by atoms with Crippen molar-refractivity contribution in [2.24, 2.45) is 0 Å². The summed E-state index contributed by atoms with van der Waals surface area (Å²) in [5.41, 5.74) is 2.48. The van der Waals surface area contributed by atoms with Crippen LogP contribution in [0.2, 0.25) is 0 Å². The summed E-state index contributed by atoms with van der Waals surface area (Å²) in [6.07, 6.45) is 5.45. The SMILES string of the molecule is COCCC1(NC(=O)N2Cc3ccccc3C2)CCCC1. The first-order chi connectivity index (χ1) is 10.2. The van der Waals surface area contributed by atoms with Crippen molar-refractivity contribution in [2.75, 3.05) is 13.7 Å². The minimum atomic E-state index is -0.0537. The van der Waals surface area contributed by atoms with E-state index in [1.54, 1.807) is 7.11 Å². The molecule has 1 aliphatic carbocycles. The Hall–Kier alpha value is -1.55. The van der Waals surface area contributed by atoms with Crippen molar-refractivity contribution in [3.05, 3.63) is 35.4 Å². The third-order valence-electron chi connectivity index (χ3n) is 4.85. The highest BCUT2D eigenvalue weighted by Gasteiger charge is 2.36. The fourth-order valence-corrected chi connectivity index (χ4v) is 3.57. The molecule has 0 unspecified atom stereocenters. The van der Waals surface area contributed by atoms with Gasteiger partial charge >= 0.3 is 6.03 Å². The summed E-state index contributed by atoms with van der Waals surface area (Å²) in [5.74, 6) is 0. The van der Waals surface area contributed by atoms with Gasteiger partial charge in [-0.1, -0.05) is 37.1 Å². The van der Waals surface area contributed by atoms with Crippen LogP contribution < -0.4 is 5.32 Å². The van der Waals surface area contributed by atoms with Crippen molar-refractivity contribution in [1.82, 2.24) is 10.2 Å². The molecule has 1 aromatic rings. The molecule has 1 aliphatic heterocycles. The van der Waals surface area contributed by atoms with Gasteiger partial charge in [0.1, 0.15) is 0 Å². The molecule has 1 saturated carbocycles.